The van der Waals surface area contributed by atoms with Crippen LogP contribution in [-0.2, 0) is 9.59 Å². The fourth-order valence-electron chi connectivity index (χ4n) is 1.25. The number of ketones is 1. The molecule has 0 spiro atoms. The summed E-state index contributed by atoms with van der Waals surface area (Å²) < 4.78 is 0. The normalized spacial score (nSPS) is 11.0. The van der Waals surface area contributed by atoms with Crippen molar-refractivity contribution in [1.29, 1.82) is 0 Å². The number of carboxylic acids is 1. The number of nitrogens with one attached hydrogen (secondary N) is 1. The van der Waals surface area contributed by atoms with Gasteiger partial charge in [-0.3, -0.25) is 9.59 Å². The van der Waals surface area contributed by atoms with Gasteiger partial charge in [0.25, 0.3) is 0 Å². The van der Waals surface area contributed by atoms with Gasteiger partial charge in [0.15, 0.2) is 5.78 Å². The van der Waals surface area contributed by atoms with Crippen molar-refractivity contribution in [2.24, 2.45) is 0 Å². The summed E-state index contributed by atoms with van der Waals surface area (Å²) in [5.74, 6) is -1.65. The molecule has 1 rings (SSSR count). The Morgan fingerprint density at radius 2 is 2.00 bits per heavy atom. The van der Waals surface area contributed by atoms with Crippen LogP contribution < -0.4 is 5.32 Å². The lowest BCUT2D eigenvalue weighted by Crippen LogP contribution is -2.49. The molecule has 0 bridgehead atoms. The van der Waals surface area contributed by atoms with Crippen LogP contribution in [0.15, 0.2) is 17.5 Å². The molecule has 6 heteroatoms. The predicted molar refractivity (Wildman–Crippen MR) is 67.7 cm³/mol. The second kappa shape index (κ2) is 5.77. The first kappa shape index (κ1) is 14.4. The third kappa shape index (κ3) is 3.96. The molecular weight excluding hydrogens is 254 g/mol. The summed E-state index contributed by atoms with van der Waals surface area (Å²) in [6.07, 6.45) is 0.0789. The highest BCUT2D eigenvalue weighted by Gasteiger charge is 2.28. The van der Waals surface area contributed by atoms with Gasteiger partial charge in [-0.2, -0.15) is 0 Å². The summed E-state index contributed by atoms with van der Waals surface area (Å²) in [7, 11) is 0. The third-order valence-electron chi connectivity index (χ3n) is 2.36. The Morgan fingerprint density at radius 1 is 1.33 bits per heavy atom. The van der Waals surface area contributed by atoms with E-state index in [1.54, 1.807) is 17.5 Å². The van der Waals surface area contributed by atoms with Crippen LogP contribution in [0, 0.1) is 0 Å². The van der Waals surface area contributed by atoms with Gasteiger partial charge in [0.05, 0.1) is 4.88 Å². The average Bonchev–Trinajstić information content (AvgIpc) is 2.78. The van der Waals surface area contributed by atoms with Crippen molar-refractivity contribution in [3.8, 4) is 0 Å². The Kier molecular flexibility index (Phi) is 4.61. The molecule has 98 valence electrons. The number of thiophene rings is 1. The lowest BCUT2D eigenvalue weighted by atomic mass is 10.1. The Hall–Kier alpha value is -1.69. The van der Waals surface area contributed by atoms with Crippen molar-refractivity contribution >= 4 is 29.0 Å². The first-order chi connectivity index (χ1) is 8.33. The molecule has 0 saturated carbocycles. The van der Waals surface area contributed by atoms with Crippen molar-refractivity contribution < 1.29 is 19.5 Å². The highest BCUT2D eigenvalue weighted by Crippen LogP contribution is 2.12. The third-order valence-corrected chi connectivity index (χ3v) is 3.27. The zero-order valence-electron chi connectivity index (χ0n) is 10.2. The van der Waals surface area contributed by atoms with E-state index < -0.39 is 17.4 Å². The number of aliphatic carboxylic acids is 1. The van der Waals surface area contributed by atoms with Gasteiger partial charge in [-0.25, -0.2) is 4.79 Å². The SMILES string of the molecule is CC(C)(NC(=O)CCC(=O)c1cccs1)C(=O)O. The number of carbonyl (C=O) groups excluding carboxylic acids is 2. The van der Waals surface area contributed by atoms with E-state index >= 15 is 0 Å². The zero-order chi connectivity index (χ0) is 13.8. The molecule has 5 nitrogen and oxygen atoms in total. The fourth-order valence-corrected chi connectivity index (χ4v) is 1.95. The molecule has 18 heavy (non-hydrogen) atoms. The van der Waals surface area contributed by atoms with Gasteiger partial charge in [0, 0.05) is 12.8 Å². The highest BCUT2D eigenvalue weighted by atomic mass is 32.1. The van der Waals surface area contributed by atoms with Crippen LogP contribution in [0.3, 0.4) is 0 Å². The summed E-state index contributed by atoms with van der Waals surface area (Å²) >= 11 is 1.33. The molecule has 1 aromatic rings. The van der Waals surface area contributed by atoms with Crippen LogP contribution in [0.1, 0.15) is 36.4 Å². The molecule has 2 N–H and O–H groups in total. The van der Waals surface area contributed by atoms with Gasteiger partial charge in [-0.05, 0) is 25.3 Å². The molecule has 0 saturated heterocycles. The molecular formula is C12H15NO4S. The summed E-state index contributed by atoms with van der Waals surface area (Å²) in [4.78, 5) is 34.6. The lowest BCUT2D eigenvalue weighted by Gasteiger charge is -2.20. The van der Waals surface area contributed by atoms with Crippen LogP contribution in [-0.4, -0.2) is 28.3 Å². The minimum atomic E-state index is -1.32. The summed E-state index contributed by atoms with van der Waals surface area (Å²) in [6.45, 7) is 2.79. The Morgan fingerprint density at radius 3 is 2.50 bits per heavy atom. The quantitative estimate of drug-likeness (QED) is 0.770. The highest BCUT2D eigenvalue weighted by molar-refractivity contribution is 7.12. The topological polar surface area (TPSA) is 83.5 Å². The fraction of sp³-hybridized carbons (Fsp3) is 0.417. The van der Waals surface area contributed by atoms with Gasteiger partial charge in [-0.15, -0.1) is 11.3 Å². The minimum Gasteiger partial charge on any atom is -0.480 e. The number of hydrogen-bond donors (Lipinski definition) is 2. The van der Waals surface area contributed by atoms with Crippen molar-refractivity contribution in [3.63, 3.8) is 0 Å². The van der Waals surface area contributed by atoms with Gasteiger partial charge < -0.3 is 10.4 Å². The van der Waals surface area contributed by atoms with Crippen molar-refractivity contribution in [2.75, 3.05) is 0 Å². The number of amides is 1. The second-order valence-corrected chi connectivity index (χ2v) is 5.33. The van der Waals surface area contributed by atoms with Crippen molar-refractivity contribution in [3.05, 3.63) is 22.4 Å². The average molecular weight is 269 g/mol. The number of carbonyl (C=O) groups is 3. The molecule has 0 aliphatic heterocycles. The van der Waals surface area contributed by atoms with Gasteiger partial charge in [0.1, 0.15) is 5.54 Å². The van der Waals surface area contributed by atoms with Crippen molar-refractivity contribution in [1.82, 2.24) is 5.32 Å². The first-order valence-electron chi connectivity index (χ1n) is 5.44. The van der Waals surface area contributed by atoms with E-state index in [0.29, 0.717) is 4.88 Å². The van der Waals surface area contributed by atoms with E-state index in [4.69, 9.17) is 5.11 Å². The van der Waals surface area contributed by atoms with Gasteiger partial charge >= 0.3 is 5.97 Å². The van der Waals surface area contributed by atoms with E-state index in [9.17, 15) is 14.4 Å². The minimum absolute atomic E-state index is 0.00650. The second-order valence-electron chi connectivity index (χ2n) is 4.38. The maximum absolute atomic E-state index is 11.6. The predicted octanol–water partition coefficient (Wildman–Crippen LogP) is 1.69. The monoisotopic (exact) mass is 269 g/mol. The van der Waals surface area contributed by atoms with E-state index in [1.165, 1.54) is 25.2 Å². The van der Waals surface area contributed by atoms with Gasteiger partial charge in [-0.1, -0.05) is 6.07 Å². The van der Waals surface area contributed by atoms with Crippen LogP contribution in [0.5, 0.6) is 0 Å². The Bertz CT molecular complexity index is 451. The lowest BCUT2D eigenvalue weighted by molar-refractivity contribution is -0.146. The van der Waals surface area contributed by atoms with E-state index in [0.717, 1.165) is 0 Å². The van der Waals surface area contributed by atoms with E-state index in [2.05, 4.69) is 5.32 Å². The molecule has 0 atom stereocenters. The molecule has 0 fully saturated rings. The zero-order valence-corrected chi connectivity index (χ0v) is 11.0. The molecule has 0 aromatic carbocycles. The summed E-state index contributed by atoms with van der Waals surface area (Å²) in [6, 6.07) is 3.47. The van der Waals surface area contributed by atoms with Crippen LogP contribution >= 0.6 is 11.3 Å². The number of carboxylic acid groups (broad SMARTS) is 1. The largest absolute Gasteiger partial charge is 0.480 e. The number of Topliss-reactive ketones (excluding diaryl/α,β-unsaturated/α-hetero) is 1. The van der Waals surface area contributed by atoms with Crippen LogP contribution in [0.25, 0.3) is 0 Å². The Labute approximate surface area is 109 Å². The van der Waals surface area contributed by atoms with Crippen LogP contribution in [0.2, 0.25) is 0 Å². The maximum atomic E-state index is 11.6. The Balaban J connectivity index is 2.43. The smallest absolute Gasteiger partial charge is 0.328 e. The number of rotatable bonds is 6. The molecule has 0 radical (unpaired) electrons. The molecule has 0 aliphatic carbocycles. The first-order valence-corrected chi connectivity index (χ1v) is 6.32. The molecule has 0 unspecified atom stereocenters. The summed E-state index contributed by atoms with van der Waals surface area (Å²) in [5.41, 5.74) is -1.32. The van der Waals surface area contributed by atoms with E-state index in [1.807, 2.05) is 0 Å². The molecule has 1 amide bonds. The van der Waals surface area contributed by atoms with E-state index in [-0.39, 0.29) is 18.6 Å². The standard InChI is InChI=1S/C12H15NO4S/c1-12(2,11(16)17)13-10(15)6-5-8(14)9-4-3-7-18-9/h3-4,7H,5-6H2,1-2H3,(H,13,15)(H,16,17). The molecule has 1 heterocycles. The maximum Gasteiger partial charge on any atom is 0.328 e. The van der Waals surface area contributed by atoms with Gasteiger partial charge in [0.2, 0.25) is 5.91 Å². The number of hydrogen-bond acceptors (Lipinski definition) is 4. The van der Waals surface area contributed by atoms with Crippen LogP contribution in [0.4, 0.5) is 0 Å². The molecule has 1 aromatic heterocycles. The molecule has 0 aliphatic rings. The van der Waals surface area contributed by atoms with Crippen molar-refractivity contribution in [2.45, 2.75) is 32.2 Å². The summed E-state index contributed by atoms with van der Waals surface area (Å²) in [5, 5.41) is 13.0.